The lowest BCUT2D eigenvalue weighted by Crippen LogP contribution is -2.15. The molecule has 0 saturated heterocycles. The summed E-state index contributed by atoms with van der Waals surface area (Å²) in [4.78, 5) is 4.40. The molecule has 15 heavy (non-hydrogen) atoms. The number of nitrogens with zero attached hydrogens (tertiary/aromatic N) is 2. The minimum atomic E-state index is 0.677. The average molecular weight is 199 g/mol. The van der Waals surface area contributed by atoms with Crippen molar-refractivity contribution in [3.8, 4) is 6.07 Å². The van der Waals surface area contributed by atoms with Gasteiger partial charge < -0.3 is 5.32 Å². The van der Waals surface area contributed by atoms with Crippen molar-refractivity contribution in [1.29, 1.82) is 5.26 Å². The lowest BCUT2D eigenvalue weighted by atomic mass is 10.1. The Morgan fingerprint density at radius 2 is 2.27 bits per heavy atom. The summed E-state index contributed by atoms with van der Waals surface area (Å²) >= 11 is 0. The van der Waals surface area contributed by atoms with Crippen LogP contribution in [0.25, 0.3) is 0 Å². The third kappa shape index (κ3) is 2.57. The van der Waals surface area contributed by atoms with E-state index in [2.05, 4.69) is 16.4 Å². The molecule has 0 saturated carbocycles. The van der Waals surface area contributed by atoms with E-state index in [0.717, 1.165) is 24.5 Å². The number of benzene rings is 1. The molecule has 3 heteroatoms. The largest absolute Gasteiger partial charge is 0.344 e. The summed E-state index contributed by atoms with van der Waals surface area (Å²) in [6.07, 6.45) is 3.39. The van der Waals surface area contributed by atoms with E-state index < -0.39 is 0 Å². The van der Waals surface area contributed by atoms with Crippen molar-refractivity contribution < 1.29 is 0 Å². The highest BCUT2D eigenvalue weighted by atomic mass is 15.0. The SMILES string of the molecule is N#Cc1cccc(NC2=NCCCC2)c1. The number of anilines is 1. The Morgan fingerprint density at radius 3 is 3.00 bits per heavy atom. The van der Waals surface area contributed by atoms with Gasteiger partial charge in [0.15, 0.2) is 0 Å². The first-order chi connectivity index (χ1) is 7.38. The number of hydrogen-bond acceptors (Lipinski definition) is 3. The van der Waals surface area contributed by atoms with Gasteiger partial charge in [0.2, 0.25) is 0 Å². The second-order valence-corrected chi connectivity index (χ2v) is 3.60. The number of rotatable bonds is 1. The molecule has 76 valence electrons. The van der Waals surface area contributed by atoms with E-state index in [0.29, 0.717) is 5.56 Å². The highest BCUT2D eigenvalue weighted by Gasteiger charge is 2.05. The van der Waals surface area contributed by atoms with Gasteiger partial charge in [0.25, 0.3) is 0 Å². The Labute approximate surface area is 89.5 Å². The molecule has 0 bridgehead atoms. The van der Waals surface area contributed by atoms with Crippen molar-refractivity contribution in [2.24, 2.45) is 4.99 Å². The fraction of sp³-hybridized carbons (Fsp3) is 0.333. The fourth-order valence-electron chi connectivity index (χ4n) is 1.63. The van der Waals surface area contributed by atoms with Crippen molar-refractivity contribution in [2.75, 3.05) is 11.9 Å². The summed E-state index contributed by atoms with van der Waals surface area (Å²) in [7, 11) is 0. The third-order valence-electron chi connectivity index (χ3n) is 2.40. The molecule has 0 unspecified atom stereocenters. The van der Waals surface area contributed by atoms with E-state index in [1.807, 2.05) is 18.2 Å². The van der Waals surface area contributed by atoms with Crippen molar-refractivity contribution >= 4 is 11.5 Å². The Morgan fingerprint density at radius 1 is 1.33 bits per heavy atom. The lowest BCUT2D eigenvalue weighted by Gasteiger charge is -2.13. The molecule has 1 heterocycles. The Bertz CT molecular complexity index is 415. The zero-order valence-corrected chi connectivity index (χ0v) is 8.53. The molecular weight excluding hydrogens is 186 g/mol. The topological polar surface area (TPSA) is 48.2 Å². The van der Waals surface area contributed by atoms with Gasteiger partial charge in [-0.3, -0.25) is 4.99 Å². The number of hydrogen-bond donors (Lipinski definition) is 1. The van der Waals surface area contributed by atoms with E-state index >= 15 is 0 Å². The lowest BCUT2D eigenvalue weighted by molar-refractivity contribution is 0.737. The van der Waals surface area contributed by atoms with Crippen LogP contribution in [0.5, 0.6) is 0 Å². The first kappa shape index (κ1) is 9.72. The van der Waals surface area contributed by atoms with Crippen LogP contribution in [0.4, 0.5) is 5.69 Å². The third-order valence-corrected chi connectivity index (χ3v) is 2.40. The van der Waals surface area contributed by atoms with E-state index in [1.165, 1.54) is 12.8 Å². The van der Waals surface area contributed by atoms with Crippen LogP contribution in [0, 0.1) is 11.3 Å². The Balaban J connectivity index is 2.10. The molecular formula is C12H13N3. The standard InChI is InChI=1S/C12H13N3/c13-9-10-4-3-5-11(8-10)15-12-6-1-2-7-14-12/h3-5,8H,1-2,6-7H2,(H,14,15). The van der Waals surface area contributed by atoms with Gasteiger partial charge in [0.05, 0.1) is 11.6 Å². The van der Waals surface area contributed by atoms with Crippen LogP contribution in [0.2, 0.25) is 0 Å². The zero-order chi connectivity index (χ0) is 10.5. The smallest absolute Gasteiger partial charge is 0.101 e. The molecule has 1 aliphatic rings. The van der Waals surface area contributed by atoms with Gasteiger partial charge in [0.1, 0.15) is 5.84 Å². The number of nitrogens with one attached hydrogen (secondary N) is 1. The van der Waals surface area contributed by atoms with E-state index in [9.17, 15) is 0 Å². The number of aliphatic imine (C=N–C) groups is 1. The average Bonchev–Trinajstić information content (AvgIpc) is 2.31. The van der Waals surface area contributed by atoms with Crippen molar-refractivity contribution in [1.82, 2.24) is 0 Å². The molecule has 3 nitrogen and oxygen atoms in total. The minimum Gasteiger partial charge on any atom is -0.344 e. The van der Waals surface area contributed by atoms with Gasteiger partial charge in [-0.05, 0) is 31.0 Å². The fourth-order valence-corrected chi connectivity index (χ4v) is 1.63. The summed E-state index contributed by atoms with van der Waals surface area (Å²) in [6.45, 7) is 0.917. The second-order valence-electron chi connectivity index (χ2n) is 3.60. The van der Waals surface area contributed by atoms with Crippen LogP contribution >= 0.6 is 0 Å². The quantitative estimate of drug-likeness (QED) is 0.755. The first-order valence-electron chi connectivity index (χ1n) is 5.19. The van der Waals surface area contributed by atoms with E-state index in [-0.39, 0.29) is 0 Å². The van der Waals surface area contributed by atoms with Gasteiger partial charge in [-0.25, -0.2) is 0 Å². The minimum absolute atomic E-state index is 0.677. The molecule has 1 aromatic carbocycles. The molecule has 1 aromatic rings. The molecule has 0 amide bonds. The highest BCUT2D eigenvalue weighted by Crippen LogP contribution is 2.13. The Hall–Kier alpha value is -1.82. The van der Waals surface area contributed by atoms with Gasteiger partial charge in [-0.2, -0.15) is 5.26 Å². The van der Waals surface area contributed by atoms with Crippen LogP contribution in [-0.2, 0) is 0 Å². The Kier molecular flexibility index (Phi) is 2.99. The predicted molar refractivity (Wildman–Crippen MR) is 60.9 cm³/mol. The monoisotopic (exact) mass is 199 g/mol. The van der Waals surface area contributed by atoms with Crippen LogP contribution in [-0.4, -0.2) is 12.4 Å². The summed E-state index contributed by atoms with van der Waals surface area (Å²) in [5.74, 6) is 1.04. The maximum atomic E-state index is 8.76. The molecule has 0 aromatic heterocycles. The van der Waals surface area contributed by atoms with Gasteiger partial charge in [-0.1, -0.05) is 6.07 Å². The van der Waals surface area contributed by atoms with Crippen molar-refractivity contribution in [3.05, 3.63) is 29.8 Å². The maximum Gasteiger partial charge on any atom is 0.101 e. The molecule has 0 radical (unpaired) electrons. The molecule has 1 aliphatic heterocycles. The zero-order valence-electron chi connectivity index (χ0n) is 8.53. The molecule has 0 atom stereocenters. The van der Waals surface area contributed by atoms with Crippen LogP contribution in [0.15, 0.2) is 29.3 Å². The molecule has 0 fully saturated rings. The van der Waals surface area contributed by atoms with Crippen LogP contribution in [0.1, 0.15) is 24.8 Å². The van der Waals surface area contributed by atoms with Gasteiger partial charge in [0, 0.05) is 18.7 Å². The summed E-state index contributed by atoms with van der Waals surface area (Å²) in [6, 6.07) is 9.60. The molecule has 0 spiro atoms. The summed E-state index contributed by atoms with van der Waals surface area (Å²) in [5, 5.41) is 12.0. The normalized spacial score (nSPS) is 15.3. The highest BCUT2D eigenvalue weighted by molar-refractivity contribution is 5.95. The molecule has 2 rings (SSSR count). The first-order valence-corrected chi connectivity index (χ1v) is 5.19. The van der Waals surface area contributed by atoms with Crippen LogP contribution in [0.3, 0.4) is 0 Å². The molecule has 1 N–H and O–H groups in total. The van der Waals surface area contributed by atoms with Crippen LogP contribution < -0.4 is 5.32 Å². The van der Waals surface area contributed by atoms with Gasteiger partial charge in [-0.15, -0.1) is 0 Å². The van der Waals surface area contributed by atoms with E-state index in [4.69, 9.17) is 5.26 Å². The number of amidine groups is 1. The van der Waals surface area contributed by atoms with Crippen molar-refractivity contribution in [2.45, 2.75) is 19.3 Å². The van der Waals surface area contributed by atoms with Crippen molar-refractivity contribution in [3.63, 3.8) is 0 Å². The summed E-state index contributed by atoms with van der Waals surface area (Å²) < 4.78 is 0. The maximum absolute atomic E-state index is 8.76. The predicted octanol–water partition coefficient (Wildman–Crippen LogP) is 2.55. The van der Waals surface area contributed by atoms with E-state index in [1.54, 1.807) is 6.07 Å². The molecule has 0 aliphatic carbocycles. The number of nitriles is 1. The van der Waals surface area contributed by atoms with Gasteiger partial charge >= 0.3 is 0 Å². The second kappa shape index (κ2) is 4.61. The summed E-state index contributed by atoms with van der Waals surface area (Å²) in [5.41, 5.74) is 1.63.